The second-order valence-electron chi connectivity index (χ2n) is 6.63. The van der Waals surface area contributed by atoms with Crippen LogP contribution in [-0.2, 0) is 13.1 Å². The first-order valence-corrected chi connectivity index (χ1v) is 9.86. The highest BCUT2D eigenvalue weighted by molar-refractivity contribution is 7.20. The maximum atomic E-state index is 12.6. The SMILES string of the molecule is Cc1nn(Cc2ccccc2)c2sc(C(=O)NCc3ccccc3[N+](=O)[O-])cc12. The van der Waals surface area contributed by atoms with Gasteiger partial charge in [-0.25, -0.2) is 0 Å². The number of hydrogen-bond donors (Lipinski definition) is 1. The number of thiophene rings is 1. The molecule has 146 valence electrons. The molecule has 0 atom stereocenters. The number of nitrogens with one attached hydrogen (secondary N) is 1. The molecular formula is C21H18N4O3S. The molecular weight excluding hydrogens is 388 g/mol. The second kappa shape index (κ2) is 7.84. The lowest BCUT2D eigenvalue weighted by atomic mass is 10.2. The quantitative estimate of drug-likeness (QED) is 0.382. The van der Waals surface area contributed by atoms with Gasteiger partial charge in [-0.05, 0) is 18.6 Å². The Morgan fingerprint density at radius 2 is 1.90 bits per heavy atom. The zero-order valence-corrected chi connectivity index (χ0v) is 16.5. The number of nitro groups is 1. The van der Waals surface area contributed by atoms with Crippen molar-refractivity contribution in [1.82, 2.24) is 15.1 Å². The summed E-state index contributed by atoms with van der Waals surface area (Å²) in [5.74, 6) is -0.255. The highest BCUT2D eigenvalue weighted by Gasteiger charge is 2.18. The van der Waals surface area contributed by atoms with E-state index < -0.39 is 4.92 Å². The Bertz CT molecular complexity index is 1200. The van der Waals surface area contributed by atoms with Crippen LogP contribution >= 0.6 is 11.3 Å². The fourth-order valence-corrected chi connectivity index (χ4v) is 4.27. The fraction of sp³-hybridized carbons (Fsp3) is 0.143. The Kier molecular flexibility index (Phi) is 5.09. The smallest absolute Gasteiger partial charge is 0.274 e. The van der Waals surface area contributed by atoms with Crippen LogP contribution < -0.4 is 5.32 Å². The van der Waals surface area contributed by atoms with Crippen molar-refractivity contribution in [3.05, 3.63) is 92.5 Å². The molecule has 0 bridgehead atoms. The van der Waals surface area contributed by atoms with Gasteiger partial charge in [0.25, 0.3) is 11.6 Å². The predicted molar refractivity (Wildman–Crippen MR) is 112 cm³/mol. The van der Waals surface area contributed by atoms with Crippen LogP contribution in [0, 0.1) is 17.0 Å². The van der Waals surface area contributed by atoms with Crippen molar-refractivity contribution < 1.29 is 9.72 Å². The molecule has 2 aromatic carbocycles. The summed E-state index contributed by atoms with van der Waals surface area (Å²) in [5.41, 5.74) is 2.47. The van der Waals surface area contributed by atoms with Gasteiger partial charge in [-0.15, -0.1) is 11.3 Å². The van der Waals surface area contributed by atoms with E-state index in [0.717, 1.165) is 21.5 Å². The van der Waals surface area contributed by atoms with Crippen LogP contribution in [0.5, 0.6) is 0 Å². The van der Waals surface area contributed by atoms with Crippen LogP contribution in [0.25, 0.3) is 10.2 Å². The van der Waals surface area contributed by atoms with Crippen LogP contribution in [0.2, 0.25) is 0 Å². The number of hydrogen-bond acceptors (Lipinski definition) is 5. The average Bonchev–Trinajstić information content (AvgIpc) is 3.28. The molecule has 0 aliphatic carbocycles. The van der Waals surface area contributed by atoms with Gasteiger partial charge in [0.05, 0.1) is 22.0 Å². The van der Waals surface area contributed by atoms with E-state index in [4.69, 9.17) is 0 Å². The molecule has 1 amide bonds. The number of carbonyl (C=O) groups is 1. The minimum atomic E-state index is -0.442. The molecule has 0 saturated heterocycles. The lowest BCUT2D eigenvalue weighted by Crippen LogP contribution is -2.22. The average molecular weight is 406 g/mol. The molecule has 0 aliphatic rings. The van der Waals surface area contributed by atoms with Crippen molar-refractivity contribution in [2.75, 3.05) is 0 Å². The number of para-hydroxylation sites is 1. The largest absolute Gasteiger partial charge is 0.347 e. The molecule has 0 spiro atoms. The van der Waals surface area contributed by atoms with E-state index in [1.54, 1.807) is 18.2 Å². The third-order valence-electron chi connectivity index (χ3n) is 4.63. The number of aryl methyl sites for hydroxylation is 1. The Morgan fingerprint density at radius 1 is 1.17 bits per heavy atom. The van der Waals surface area contributed by atoms with Crippen LogP contribution in [0.4, 0.5) is 5.69 Å². The first kappa shape index (κ1) is 18.8. The molecule has 2 heterocycles. The summed E-state index contributed by atoms with van der Waals surface area (Å²) >= 11 is 1.37. The number of amides is 1. The van der Waals surface area contributed by atoms with Gasteiger partial charge in [-0.3, -0.25) is 19.6 Å². The van der Waals surface area contributed by atoms with E-state index >= 15 is 0 Å². The second-order valence-corrected chi connectivity index (χ2v) is 7.66. The molecule has 0 unspecified atom stereocenters. The highest BCUT2D eigenvalue weighted by atomic mass is 32.1. The topological polar surface area (TPSA) is 90.1 Å². The molecule has 0 radical (unpaired) electrons. The van der Waals surface area contributed by atoms with Gasteiger partial charge in [-0.1, -0.05) is 48.5 Å². The third-order valence-corrected chi connectivity index (χ3v) is 5.78. The lowest BCUT2D eigenvalue weighted by molar-refractivity contribution is -0.385. The van der Waals surface area contributed by atoms with Crippen molar-refractivity contribution in [3.63, 3.8) is 0 Å². The van der Waals surface area contributed by atoms with Crippen LogP contribution in [0.3, 0.4) is 0 Å². The fourth-order valence-electron chi connectivity index (χ4n) is 3.19. The Balaban J connectivity index is 1.54. The van der Waals surface area contributed by atoms with Gasteiger partial charge in [-0.2, -0.15) is 5.10 Å². The van der Waals surface area contributed by atoms with Gasteiger partial charge in [0.15, 0.2) is 0 Å². The van der Waals surface area contributed by atoms with E-state index in [1.165, 1.54) is 17.4 Å². The van der Waals surface area contributed by atoms with Crippen LogP contribution in [-0.4, -0.2) is 20.6 Å². The van der Waals surface area contributed by atoms with E-state index in [9.17, 15) is 14.9 Å². The number of aromatic nitrogens is 2. The number of benzene rings is 2. The molecule has 0 saturated carbocycles. The molecule has 4 aromatic rings. The monoisotopic (exact) mass is 406 g/mol. The Morgan fingerprint density at radius 3 is 2.66 bits per heavy atom. The minimum Gasteiger partial charge on any atom is -0.347 e. The van der Waals surface area contributed by atoms with E-state index in [-0.39, 0.29) is 18.1 Å². The number of fused-ring (bicyclic) bond motifs is 1. The highest BCUT2D eigenvalue weighted by Crippen LogP contribution is 2.29. The van der Waals surface area contributed by atoms with E-state index in [0.29, 0.717) is 17.0 Å². The molecule has 0 aliphatic heterocycles. The summed E-state index contributed by atoms with van der Waals surface area (Å²) in [4.78, 5) is 24.8. The maximum Gasteiger partial charge on any atom is 0.274 e. The van der Waals surface area contributed by atoms with Gasteiger partial charge in [0.1, 0.15) is 4.83 Å². The number of rotatable bonds is 6. The first-order chi connectivity index (χ1) is 14.0. The molecule has 7 nitrogen and oxygen atoms in total. The predicted octanol–water partition coefficient (Wildman–Crippen LogP) is 4.29. The van der Waals surface area contributed by atoms with Crippen molar-refractivity contribution in [2.24, 2.45) is 0 Å². The van der Waals surface area contributed by atoms with Crippen molar-refractivity contribution in [3.8, 4) is 0 Å². The number of nitro benzene ring substituents is 1. The summed E-state index contributed by atoms with van der Waals surface area (Å²) in [5, 5.41) is 19.5. The van der Waals surface area contributed by atoms with Crippen LogP contribution in [0.15, 0.2) is 60.7 Å². The first-order valence-electron chi connectivity index (χ1n) is 9.04. The normalized spacial score (nSPS) is 10.9. The molecule has 29 heavy (non-hydrogen) atoms. The Hall–Kier alpha value is -3.52. The molecule has 0 fully saturated rings. The summed E-state index contributed by atoms with van der Waals surface area (Å²) in [6.45, 7) is 2.65. The number of carbonyl (C=O) groups excluding carboxylic acids is 1. The van der Waals surface area contributed by atoms with E-state index in [1.807, 2.05) is 48.0 Å². The summed E-state index contributed by atoms with van der Waals surface area (Å²) in [6, 6.07) is 18.3. The number of nitrogens with zero attached hydrogens (tertiary/aromatic N) is 3. The lowest BCUT2D eigenvalue weighted by Gasteiger charge is -2.05. The summed E-state index contributed by atoms with van der Waals surface area (Å²) in [7, 11) is 0. The third kappa shape index (κ3) is 3.88. The summed E-state index contributed by atoms with van der Waals surface area (Å²) < 4.78 is 1.91. The van der Waals surface area contributed by atoms with Gasteiger partial charge < -0.3 is 5.32 Å². The Labute approximate surface area is 170 Å². The van der Waals surface area contributed by atoms with Gasteiger partial charge >= 0.3 is 0 Å². The van der Waals surface area contributed by atoms with Crippen LogP contribution in [0.1, 0.15) is 26.5 Å². The zero-order chi connectivity index (χ0) is 20.4. The zero-order valence-electron chi connectivity index (χ0n) is 15.7. The minimum absolute atomic E-state index is 0.00140. The molecule has 8 heteroatoms. The summed E-state index contributed by atoms with van der Waals surface area (Å²) in [6.07, 6.45) is 0. The molecule has 1 N–H and O–H groups in total. The molecule has 2 aromatic heterocycles. The molecule has 4 rings (SSSR count). The van der Waals surface area contributed by atoms with E-state index in [2.05, 4.69) is 10.4 Å². The van der Waals surface area contributed by atoms with Gasteiger partial charge in [0.2, 0.25) is 0 Å². The standard InChI is InChI=1S/C21H18N4O3S/c1-14-17-11-19(20(26)22-12-16-9-5-6-10-18(16)25(27)28)29-21(17)24(23-14)13-15-7-3-2-4-8-15/h2-11H,12-13H2,1H3,(H,22,26). The van der Waals surface area contributed by atoms with Crippen molar-refractivity contribution >= 4 is 33.1 Å². The van der Waals surface area contributed by atoms with Gasteiger partial charge in [0, 0.05) is 23.6 Å². The van der Waals surface area contributed by atoms with Crippen molar-refractivity contribution in [1.29, 1.82) is 0 Å². The van der Waals surface area contributed by atoms with Crippen molar-refractivity contribution in [2.45, 2.75) is 20.0 Å². The maximum absolute atomic E-state index is 12.6.